The molecule has 2 unspecified atom stereocenters. The third-order valence-corrected chi connectivity index (χ3v) is 3.27. The van der Waals surface area contributed by atoms with E-state index in [1.54, 1.807) is 20.8 Å². The van der Waals surface area contributed by atoms with Crippen molar-refractivity contribution in [2.45, 2.75) is 44.5 Å². The van der Waals surface area contributed by atoms with E-state index in [2.05, 4.69) is 5.32 Å². The van der Waals surface area contributed by atoms with Gasteiger partial charge in [0.25, 0.3) is 5.91 Å². The Hall–Kier alpha value is -0.650. The van der Waals surface area contributed by atoms with Crippen LogP contribution in [0.4, 0.5) is 0 Å². The largest absolute Gasteiger partial charge is 0.385 e. The van der Waals surface area contributed by atoms with E-state index in [-0.39, 0.29) is 18.6 Å². The van der Waals surface area contributed by atoms with Crippen LogP contribution in [-0.4, -0.2) is 48.6 Å². The van der Waals surface area contributed by atoms with Crippen molar-refractivity contribution in [3.05, 3.63) is 0 Å². The van der Waals surface area contributed by atoms with Gasteiger partial charge in [0.1, 0.15) is 11.2 Å². The van der Waals surface area contributed by atoms with Gasteiger partial charge in [-0.2, -0.15) is 0 Å². The van der Waals surface area contributed by atoms with E-state index in [1.165, 1.54) is 7.11 Å². The normalized spacial score (nSPS) is 30.4. The number of nitrogens with one attached hydrogen (secondary N) is 1. The molecule has 1 amide bonds. The summed E-state index contributed by atoms with van der Waals surface area (Å²) in [5, 5.41) is 12.9. The quantitative estimate of drug-likeness (QED) is 0.718. The zero-order valence-electron chi connectivity index (χ0n) is 10.4. The number of aliphatic hydroxyl groups is 1. The minimum Gasteiger partial charge on any atom is -0.385 e. The predicted molar refractivity (Wildman–Crippen MR) is 59.1 cm³/mol. The van der Waals surface area contributed by atoms with E-state index in [0.29, 0.717) is 13.0 Å². The van der Waals surface area contributed by atoms with Crippen LogP contribution in [0, 0.1) is 0 Å². The number of hydrogen-bond donors (Lipinski definition) is 2. The lowest BCUT2D eigenvalue weighted by Crippen LogP contribution is -2.52. The zero-order chi connectivity index (χ0) is 12.4. The van der Waals surface area contributed by atoms with Crippen LogP contribution in [0.2, 0.25) is 0 Å². The number of ether oxygens (including phenoxy) is 2. The molecular weight excluding hydrogens is 210 g/mol. The Morgan fingerprint density at radius 3 is 2.75 bits per heavy atom. The lowest BCUT2D eigenvalue weighted by atomic mass is 9.96. The van der Waals surface area contributed by atoms with Crippen molar-refractivity contribution in [3.8, 4) is 0 Å². The summed E-state index contributed by atoms with van der Waals surface area (Å²) in [5.41, 5.74) is -1.83. The van der Waals surface area contributed by atoms with Crippen molar-refractivity contribution in [3.63, 3.8) is 0 Å². The minimum absolute atomic E-state index is 0.194. The Bertz CT molecular complexity index is 267. The molecule has 5 nitrogen and oxygen atoms in total. The molecule has 1 rings (SSSR count). The number of methoxy groups -OCH3 is 1. The molecule has 0 saturated carbocycles. The average molecular weight is 231 g/mol. The second-order valence-electron chi connectivity index (χ2n) is 4.76. The van der Waals surface area contributed by atoms with Crippen LogP contribution < -0.4 is 5.32 Å². The summed E-state index contributed by atoms with van der Waals surface area (Å²) in [5.74, 6) is -0.234. The number of carbonyl (C=O) groups excluding carboxylic acids is 1. The Morgan fingerprint density at radius 1 is 1.69 bits per heavy atom. The number of rotatable bonds is 4. The molecule has 2 N–H and O–H groups in total. The summed E-state index contributed by atoms with van der Waals surface area (Å²) in [6, 6.07) is 0. The van der Waals surface area contributed by atoms with Crippen LogP contribution >= 0.6 is 0 Å². The molecule has 0 aliphatic carbocycles. The molecular formula is C11H21NO4. The summed E-state index contributed by atoms with van der Waals surface area (Å²) in [6.07, 6.45) is 0.292. The van der Waals surface area contributed by atoms with Crippen molar-refractivity contribution < 1.29 is 19.4 Å². The maximum Gasteiger partial charge on any atom is 0.251 e. The van der Waals surface area contributed by atoms with Gasteiger partial charge in [0, 0.05) is 26.7 Å². The Kier molecular flexibility index (Phi) is 3.93. The topological polar surface area (TPSA) is 67.8 Å². The van der Waals surface area contributed by atoms with Gasteiger partial charge in [-0.3, -0.25) is 4.79 Å². The molecule has 0 spiro atoms. The van der Waals surface area contributed by atoms with Crippen LogP contribution in [-0.2, 0) is 14.3 Å². The van der Waals surface area contributed by atoms with Gasteiger partial charge in [0.05, 0.1) is 6.10 Å². The Balaban J connectivity index is 2.49. The fourth-order valence-electron chi connectivity index (χ4n) is 1.54. The van der Waals surface area contributed by atoms with E-state index < -0.39 is 11.2 Å². The summed E-state index contributed by atoms with van der Waals surface area (Å²) in [4.78, 5) is 11.7. The molecule has 0 radical (unpaired) electrons. The molecule has 0 aromatic carbocycles. The van der Waals surface area contributed by atoms with Gasteiger partial charge in [-0.1, -0.05) is 0 Å². The maximum absolute atomic E-state index is 11.7. The van der Waals surface area contributed by atoms with Crippen LogP contribution in [0.25, 0.3) is 0 Å². The summed E-state index contributed by atoms with van der Waals surface area (Å²) in [7, 11) is 1.48. The first kappa shape index (κ1) is 13.4. The van der Waals surface area contributed by atoms with Gasteiger partial charge in [-0.05, 0) is 20.8 Å². The molecule has 1 aliphatic rings. The molecule has 0 bridgehead atoms. The highest BCUT2D eigenvalue weighted by atomic mass is 16.5. The first-order chi connectivity index (χ1) is 7.32. The fourth-order valence-corrected chi connectivity index (χ4v) is 1.54. The fraction of sp³-hybridized carbons (Fsp3) is 0.909. The lowest BCUT2D eigenvalue weighted by molar-refractivity contribution is -0.141. The molecule has 1 saturated heterocycles. The van der Waals surface area contributed by atoms with Gasteiger partial charge in [-0.15, -0.1) is 0 Å². The SMILES string of the molecule is COC(C)(C)C(=O)NCC1(O)CCOC1C. The smallest absolute Gasteiger partial charge is 0.251 e. The summed E-state index contributed by atoms with van der Waals surface area (Å²) in [6.45, 7) is 5.89. The molecule has 1 aliphatic heterocycles. The van der Waals surface area contributed by atoms with E-state index >= 15 is 0 Å². The highest BCUT2D eigenvalue weighted by molar-refractivity contribution is 5.84. The highest BCUT2D eigenvalue weighted by Gasteiger charge is 2.40. The first-order valence-corrected chi connectivity index (χ1v) is 5.49. The molecule has 5 heteroatoms. The van der Waals surface area contributed by atoms with Gasteiger partial charge >= 0.3 is 0 Å². The van der Waals surface area contributed by atoms with E-state index in [4.69, 9.17) is 9.47 Å². The van der Waals surface area contributed by atoms with Gasteiger partial charge in [-0.25, -0.2) is 0 Å². The number of hydrogen-bond acceptors (Lipinski definition) is 4. The van der Waals surface area contributed by atoms with Crippen molar-refractivity contribution in [1.82, 2.24) is 5.32 Å². The predicted octanol–water partition coefficient (Wildman–Crippen LogP) is 0.0675. The third-order valence-electron chi connectivity index (χ3n) is 3.27. The number of amides is 1. The minimum atomic E-state index is -0.959. The van der Waals surface area contributed by atoms with Crippen LogP contribution in [0.1, 0.15) is 27.2 Å². The molecule has 2 atom stereocenters. The lowest BCUT2D eigenvalue weighted by Gasteiger charge is -2.29. The van der Waals surface area contributed by atoms with Crippen molar-refractivity contribution in [1.29, 1.82) is 0 Å². The van der Waals surface area contributed by atoms with Gasteiger partial charge < -0.3 is 19.9 Å². The molecule has 0 aromatic rings. The van der Waals surface area contributed by atoms with Crippen LogP contribution in [0.15, 0.2) is 0 Å². The summed E-state index contributed by atoms with van der Waals surface area (Å²) >= 11 is 0. The van der Waals surface area contributed by atoms with Gasteiger partial charge in [0.2, 0.25) is 0 Å². The van der Waals surface area contributed by atoms with E-state index in [1.807, 2.05) is 0 Å². The third kappa shape index (κ3) is 2.72. The second-order valence-corrected chi connectivity index (χ2v) is 4.76. The van der Waals surface area contributed by atoms with E-state index in [0.717, 1.165) is 0 Å². The van der Waals surface area contributed by atoms with Crippen molar-refractivity contribution in [2.75, 3.05) is 20.3 Å². The molecule has 0 aromatic heterocycles. The van der Waals surface area contributed by atoms with Crippen LogP contribution in [0.5, 0.6) is 0 Å². The highest BCUT2D eigenvalue weighted by Crippen LogP contribution is 2.24. The van der Waals surface area contributed by atoms with Crippen molar-refractivity contribution in [2.24, 2.45) is 0 Å². The zero-order valence-corrected chi connectivity index (χ0v) is 10.4. The standard InChI is InChI=1S/C11H21NO4/c1-8-11(14,5-6-16-8)7-12-9(13)10(2,3)15-4/h8,14H,5-7H2,1-4H3,(H,12,13). The second kappa shape index (κ2) is 4.69. The number of carbonyl (C=O) groups is 1. The molecule has 1 fully saturated rings. The summed E-state index contributed by atoms with van der Waals surface area (Å²) < 4.78 is 10.3. The monoisotopic (exact) mass is 231 g/mol. The maximum atomic E-state index is 11.7. The van der Waals surface area contributed by atoms with Crippen molar-refractivity contribution >= 4 is 5.91 Å². The van der Waals surface area contributed by atoms with E-state index in [9.17, 15) is 9.90 Å². The molecule has 94 valence electrons. The average Bonchev–Trinajstić information content (AvgIpc) is 2.56. The van der Waals surface area contributed by atoms with Gasteiger partial charge in [0.15, 0.2) is 0 Å². The Labute approximate surface area is 96.1 Å². The molecule has 16 heavy (non-hydrogen) atoms. The molecule has 1 heterocycles. The first-order valence-electron chi connectivity index (χ1n) is 5.49. The Morgan fingerprint density at radius 2 is 2.31 bits per heavy atom. The van der Waals surface area contributed by atoms with Crippen LogP contribution in [0.3, 0.4) is 0 Å².